The van der Waals surface area contributed by atoms with Crippen LogP contribution >= 0.6 is 0 Å². The van der Waals surface area contributed by atoms with Gasteiger partial charge >= 0.3 is 0 Å². The molecule has 0 aromatic rings. The fraction of sp³-hybridized carbons (Fsp3) is 0.667. The van der Waals surface area contributed by atoms with Gasteiger partial charge in [-0.05, 0) is 12.8 Å². The molecule has 2 amide bonds. The summed E-state index contributed by atoms with van der Waals surface area (Å²) in [6.07, 6.45) is 7.91. The molecule has 1 aliphatic heterocycles. The molecular formula is C12H18N2O2. The van der Waals surface area contributed by atoms with E-state index in [1.165, 1.54) is 4.90 Å². The maximum absolute atomic E-state index is 12.2. The third-order valence-electron chi connectivity index (χ3n) is 3.64. The maximum atomic E-state index is 12.2. The molecule has 2 aliphatic rings. The van der Waals surface area contributed by atoms with E-state index >= 15 is 0 Å². The summed E-state index contributed by atoms with van der Waals surface area (Å²) in [5, 5.41) is 0. The normalized spacial score (nSPS) is 24.2. The molecule has 0 bridgehead atoms. The van der Waals surface area contributed by atoms with Crippen LogP contribution in [0.15, 0.2) is 12.2 Å². The first-order valence-electron chi connectivity index (χ1n) is 5.89. The van der Waals surface area contributed by atoms with Gasteiger partial charge in [0.05, 0.1) is 5.41 Å². The lowest BCUT2D eigenvalue weighted by atomic mass is 9.84. The molecule has 2 fully saturated rings. The Morgan fingerprint density at radius 2 is 1.94 bits per heavy atom. The van der Waals surface area contributed by atoms with Crippen LogP contribution in [-0.4, -0.2) is 29.8 Å². The molecule has 0 atom stereocenters. The Labute approximate surface area is 95.5 Å². The van der Waals surface area contributed by atoms with Crippen LogP contribution in [0, 0.1) is 5.41 Å². The molecule has 1 saturated carbocycles. The number of hydrogen-bond donors (Lipinski definition) is 1. The zero-order valence-corrected chi connectivity index (χ0v) is 9.45. The van der Waals surface area contributed by atoms with Crippen LogP contribution in [0.5, 0.6) is 0 Å². The smallest absolute Gasteiger partial charge is 0.236 e. The molecule has 88 valence electrons. The van der Waals surface area contributed by atoms with Crippen molar-refractivity contribution in [1.82, 2.24) is 4.90 Å². The number of nitrogens with zero attached hydrogens (tertiary/aromatic N) is 1. The van der Waals surface area contributed by atoms with Gasteiger partial charge in [0.1, 0.15) is 0 Å². The average Bonchev–Trinajstić information content (AvgIpc) is 2.80. The Morgan fingerprint density at radius 3 is 2.56 bits per heavy atom. The molecule has 1 spiro atoms. The molecule has 2 rings (SSSR count). The maximum Gasteiger partial charge on any atom is 0.236 e. The van der Waals surface area contributed by atoms with E-state index in [2.05, 4.69) is 0 Å². The summed E-state index contributed by atoms with van der Waals surface area (Å²) < 4.78 is 0. The molecule has 2 N–H and O–H groups in total. The minimum Gasteiger partial charge on any atom is -0.327 e. The number of carbonyl (C=O) groups excluding carboxylic acids is 2. The van der Waals surface area contributed by atoms with Crippen molar-refractivity contribution in [2.24, 2.45) is 11.1 Å². The highest BCUT2D eigenvalue weighted by molar-refractivity contribution is 6.06. The lowest BCUT2D eigenvalue weighted by molar-refractivity contribution is -0.140. The summed E-state index contributed by atoms with van der Waals surface area (Å²) >= 11 is 0. The van der Waals surface area contributed by atoms with Crippen molar-refractivity contribution in [2.75, 3.05) is 13.1 Å². The van der Waals surface area contributed by atoms with E-state index in [1.807, 2.05) is 0 Å². The van der Waals surface area contributed by atoms with E-state index in [-0.39, 0.29) is 17.2 Å². The first-order chi connectivity index (χ1) is 7.69. The van der Waals surface area contributed by atoms with Crippen molar-refractivity contribution >= 4 is 11.8 Å². The highest BCUT2D eigenvalue weighted by Crippen LogP contribution is 2.46. The van der Waals surface area contributed by atoms with Crippen LogP contribution < -0.4 is 5.73 Å². The standard InChI is InChI=1S/C12H18N2O2/c13-7-3-4-8-14-10(15)9-12(11(14)16)5-1-2-6-12/h3-4H,1-2,5-9,13H2/b4-3+. The van der Waals surface area contributed by atoms with Crippen molar-refractivity contribution in [3.8, 4) is 0 Å². The van der Waals surface area contributed by atoms with Crippen LogP contribution in [0.25, 0.3) is 0 Å². The quantitative estimate of drug-likeness (QED) is 0.568. The van der Waals surface area contributed by atoms with Crippen molar-refractivity contribution in [2.45, 2.75) is 32.1 Å². The number of likely N-dealkylation sites (tertiary alicyclic amines) is 1. The summed E-state index contributed by atoms with van der Waals surface area (Å²) in [4.78, 5) is 25.3. The minimum atomic E-state index is -0.340. The van der Waals surface area contributed by atoms with Crippen molar-refractivity contribution in [3.05, 3.63) is 12.2 Å². The Balaban J connectivity index is 2.07. The van der Waals surface area contributed by atoms with Gasteiger partial charge in [0.15, 0.2) is 0 Å². The largest absolute Gasteiger partial charge is 0.327 e. The molecular weight excluding hydrogens is 204 g/mol. The van der Waals surface area contributed by atoms with Gasteiger partial charge < -0.3 is 5.73 Å². The summed E-state index contributed by atoms with van der Waals surface area (Å²) in [6, 6.07) is 0. The fourth-order valence-electron chi connectivity index (χ4n) is 2.76. The summed E-state index contributed by atoms with van der Waals surface area (Å²) in [6.45, 7) is 0.831. The van der Waals surface area contributed by atoms with Gasteiger partial charge in [0, 0.05) is 19.5 Å². The topological polar surface area (TPSA) is 63.4 Å². The second kappa shape index (κ2) is 4.37. The Kier molecular flexibility index (Phi) is 3.10. The van der Waals surface area contributed by atoms with Gasteiger partial charge in [-0.1, -0.05) is 25.0 Å². The molecule has 1 saturated heterocycles. The van der Waals surface area contributed by atoms with Crippen molar-refractivity contribution < 1.29 is 9.59 Å². The zero-order chi connectivity index (χ0) is 11.6. The molecule has 0 unspecified atom stereocenters. The van der Waals surface area contributed by atoms with Crippen LogP contribution in [0.3, 0.4) is 0 Å². The third-order valence-corrected chi connectivity index (χ3v) is 3.64. The van der Waals surface area contributed by atoms with Gasteiger partial charge in [0.2, 0.25) is 11.8 Å². The first-order valence-corrected chi connectivity index (χ1v) is 5.89. The Hall–Kier alpha value is -1.16. The van der Waals surface area contributed by atoms with Gasteiger partial charge in [-0.15, -0.1) is 0 Å². The average molecular weight is 222 g/mol. The number of rotatable bonds is 3. The fourth-order valence-corrected chi connectivity index (χ4v) is 2.76. The summed E-state index contributed by atoms with van der Waals surface area (Å²) in [7, 11) is 0. The molecule has 1 aliphatic carbocycles. The lowest BCUT2D eigenvalue weighted by Gasteiger charge is -2.19. The van der Waals surface area contributed by atoms with E-state index in [0.29, 0.717) is 19.5 Å². The van der Waals surface area contributed by atoms with E-state index in [9.17, 15) is 9.59 Å². The molecule has 4 nitrogen and oxygen atoms in total. The highest BCUT2D eigenvalue weighted by Gasteiger charge is 2.52. The van der Waals surface area contributed by atoms with Crippen LogP contribution in [0.2, 0.25) is 0 Å². The lowest BCUT2D eigenvalue weighted by Crippen LogP contribution is -2.34. The van der Waals surface area contributed by atoms with Crippen molar-refractivity contribution in [3.63, 3.8) is 0 Å². The molecule has 0 radical (unpaired) electrons. The van der Waals surface area contributed by atoms with E-state index in [1.54, 1.807) is 12.2 Å². The van der Waals surface area contributed by atoms with Crippen LogP contribution in [0.4, 0.5) is 0 Å². The number of nitrogens with two attached hydrogens (primary N) is 1. The molecule has 4 heteroatoms. The monoisotopic (exact) mass is 222 g/mol. The molecule has 0 aromatic heterocycles. The highest BCUT2D eigenvalue weighted by atomic mass is 16.2. The number of carbonyl (C=O) groups is 2. The van der Waals surface area contributed by atoms with Gasteiger partial charge in [0.25, 0.3) is 0 Å². The van der Waals surface area contributed by atoms with Gasteiger partial charge in [-0.25, -0.2) is 0 Å². The zero-order valence-electron chi connectivity index (χ0n) is 9.45. The number of imide groups is 1. The van der Waals surface area contributed by atoms with Gasteiger partial charge in [-0.2, -0.15) is 0 Å². The van der Waals surface area contributed by atoms with Crippen molar-refractivity contribution in [1.29, 1.82) is 0 Å². The van der Waals surface area contributed by atoms with Crippen LogP contribution in [-0.2, 0) is 9.59 Å². The number of amides is 2. The molecule has 1 heterocycles. The van der Waals surface area contributed by atoms with E-state index < -0.39 is 0 Å². The third kappa shape index (κ3) is 1.78. The van der Waals surface area contributed by atoms with Gasteiger partial charge in [-0.3, -0.25) is 14.5 Å². The second-order valence-electron chi connectivity index (χ2n) is 4.68. The molecule has 0 aromatic carbocycles. The predicted molar refractivity (Wildman–Crippen MR) is 60.4 cm³/mol. The second-order valence-corrected chi connectivity index (χ2v) is 4.68. The number of hydrogen-bond acceptors (Lipinski definition) is 3. The Bertz CT molecular complexity index is 330. The van der Waals surface area contributed by atoms with E-state index in [4.69, 9.17) is 5.73 Å². The summed E-state index contributed by atoms with van der Waals surface area (Å²) in [5.41, 5.74) is 4.98. The van der Waals surface area contributed by atoms with E-state index in [0.717, 1.165) is 25.7 Å². The minimum absolute atomic E-state index is 0.0198. The predicted octanol–water partition coefficient (Wildman–Crippen LogP) is 0.821. The Morgan fingerprint density at radius 1 is 1.25 bits per heavy atom. The first kappa shape index (κ1) is 11.3. The molecule has 16 heavy (non-hydrogen) atoms. The summed E-state index contributed by atoms with van der Waals surface area (Å²) in [5.74, 6) is 0.0187. The van der Waals surface area contributed by atoms with Crippen LogP contribution in [0.1, 0.15) is 32.1 Å². The SMILES string of the molecule is NC/C=C/CN1C(=O)CC2(CCCC2)C1=O.